The van der Waals surface area contributed by atoms with E-state index in [0.29, 0.717) is 18.4 Å². The van der Waals surface area contributed by atoms with Crippen molar-refractivity contribution in [2.45, 2.75) is 38.7 Å². The van der Waals surface area contributed by atoms with E-state index in [1.165, 1.54) is 16.8 Å². The van der Waals surface area contributed by atoms with Gasteiger partial charge in [-0.3, -0.25) is 0 Å². The number of ether oxygens (including phenoxy) is 1. The van der Waals surface area contributed by atoms with Crippen molar-refractivity contribution in [1.29, 1.82) is 0 Å². The highest BCUT2D eigenvalue weighted by Crippen LogP contribution is 2.42. The Morgan fingerprint density at radius 3 is 1.93 bits per heavy atom. The third-order valence-corrected chi connectivity index (χ3v) is 10.8. The summed E-state index contributed by atoms with van der Waals surface area (Å²) in [6.07, 6.45) is 1.90. The van der Waals surface area contributed by atoms with E-state index in [1.807, 2.05) is 0 Å². The van der Waals surface area contributed by atoms with Crippen LogP contribution in [0.1, 0.15) is 33.6 Å². The molecule has 3 nitrogen and oxygen atoms in total. The van der Waals surface area contributed by atoms with E-state index in [1.54, 1.807) is 0 Å². The number of aliphatic hydroxyl groups is 1. The van der Waals surface area contributed by atoms with Crippen LogP contribution in [0.5, 0.6) is 0 Å². The molecule has 1 fully saturated rings. The summed E-state index contributed by atoms with van der Waals surface area (Å²) in [4.78, 5) is 0. The molecule has 152 valence electrons. The lowest BCUT2D eigenvalue weighted by Gasteiger charge is -2.43. The highest BCUT2D eigenvalue weighted by atomic mass is 28.4. The Balaban J connectivity index is 1.78. The fraction of sp³-hybridized carbons (Fsp3) is 0.500. The van der Waals surface area contributed by atoms with Crippen LogP contribution < -0.4 is 10.4 Å². The fourth-order valence-corrected chi connectivity index (χ4v) is 8.73. The van der Waals surface area contributed by atoms with Crippen LogP contribution >= 0.6 is 0 Å². The van der Waals surface area contributed by atoms with Crippen LogP contribution in [0.4, 0.5) is 0 Å². The molecule has 2 aromatic rings. The normalized spacial score (nSPS) is 19.6. The average molecular weight is 399 g/mol. The van der Waals surface area contributed by atoms with Crippen molar-refractivity contribution in [3.05, 3.63) is 60.7 Å². The number of aliphatic hydroxyl groups excluding tert-OH is 1. The molecule has 0 spiro atoms. The summed E-state index contributed by atoms with van der Waals surface area (Å²) in [6.45, 7) is 9.39. The van der Waals surface area contributed by atoms with Gasteiger partial charge in [0.2, 0.25) is 0 Å². The van der Waals surface area contributed by atoms with Gasteiger partial charge in [-0.05, 0) is 40.1 Å². The van der Waals surface area contributed by atoms with Gasteiger partial charge in [0.15, 0.2) is 0 Å². The molecule has 2 atom stereocenters. The van der Waals surface area contributed by atoms with Crippen molar-refractivity contribution in [3.63, 3.8) is 0 Å². The Morgan fingerprint density at radius 1 is 0.893 bits per heavy atom. The lowest BCUT2D eigenvalue weighted by atomic mass is 10.2. The molecule has 0 radical (unpaired) electrons. The second-order valence-electron chi connectivity index (χ2n) is 8.88. The van der Waals surface area contributed by atoms with Crippen molar-refractivity contribution in [2.75, 3.05) is 26.4 Å². The summed E-state index contributed by atoms with van der Waals surface area (Å²) in [5.41, 5.74) is 0. The number of hydrogen-bond acceptors (Lipinski definition) is 3. The molecule has 0 bridgehead atoms. The Bertz CT molecular complexity index is 672. The maximum Gasteiger partial charge on any atom is 0.261 e. The summed E-state index contributed by atoms with van der Waals surface area (Å²) in [5, 5.41) is 11.6. The van der Waals surface area contributed by atoms with Crippen LogP contribution in [-0.2, 0) is 9.16 Å². The Labute approximate surface area is 170 Å². The first-order valence-electron chi connectivity index (χ1n) is 10.4. The monoisotopic (exact) mass is 398 g/mol. The maximum atomic E-state index is 8.87. The van der Waals surface area contributed by atoms with E-state index < -0.39 is 8.32 Å². The molecular weight excluding hydrogens is 364 g/mol. The molecule has 0 unspecified atom stereocenters. The molecule has 1 saturated carbocycles. The lowest BCUT2D eigenvalue weighted by molar-refractivity contribution is 0.102. The van der Waals surface area contributed by atoms with Crippen LogP contribution in [0.3, 0.4) is 0 Å². The van der Waals surface area contributed by atoms with Crippen molar-refractivity contribution in [1.82, 2.24) is 0 Å². The molecule has 0 amide bonds. The van der Waals surface area contributed by atoms with Gasteiger partial charge in [0, 0.05) is 26.4 Å². The molecule has 1 aliphatic rings. The van der Waals surface area contributed by atoms with Crippen LogP contribution in [0.2, 0.25) is 5.04 Å². The SMILES string of the molecule is CC(C)(C)[Si](OC[C@H]1C[C@@H]1COCCCO)(c1ccccc1)c1ccccc1. The van der Waals surface area contributed by atoms with Crippen LogP contribution in [0.15, 0.2) is 60.7 Å². The molecular formula is C24H34O3Si. The summed E-state index contributed by atoms with van der Waals surface area (Å²) in [6, 6.07) is 21.6. The molecule has 0 heterocycles. The van der Waals surface area contributed by atoms with Crippen molar-refractivity contribution < 1.29 is 14.3 Å². The van der Waals surface area contributed by atoms with Gasteiger partial charge in [-0.1, -0.05) is 81.4 Å². The second kappa shape index (κ2) is 9.36. The third kappa shape index (κ3) is 4.74. The Morgan fingerprint density at radius 2 is 1.43 bits per heavy atom. The molecule has 0 aromatic heterocycles. The largest absolute Gasteiger partial charge is 0.407 e. The van der Waals surface area contributed by atoms with Gasteiger partial charge in [-0.25, -0.2) is 0 Å². The third-order valence-electron chi connectivity index (χ3n) is 5.78. The van der Waals surface area contributed by atoms with Crippen molar-refractivity contribution in [3.8, 4) is 0 Å². The van der Waals surface area contributed by atoms with Gasteiger partial charge in [-0.2, -0.15) is 0 Å². The number of hydrogen-bond donors (Lipinski definition) is 1. The van der Waals surface area contributed by atoms with Gasteiger partial charge < -0.3 is 14.3 Å². The quantitative estimate of drug-likeness (QED) is 0.491. The van der Waals surface area contributed by atoms with Gasteiger partial charge >= 0.3 is 0 Å². The van der Waals surface area contributed by atoms with E-state index in [9.17, 15) is 0 Å². The molecule has 0 aliphatic heterocycles. The predicted octanol–water partition coefficient (Wildman–Crippen LogP) is 3.60. The second-order valence-corrected chi connectivity index (χ2v) is 13.2. The maximum absolute atomic E-state index is 8.87. The van der Waals surface area contributed by atoms with Gasteiger partial charge in [0.05, 0.1) is 0 Å². The van der Waals surface area contributed by atoms with Crippen molar-refractivity contribution in [2.24, 2.45) is 11.8 Å². The molecule has 0 saturated heterocycles. The zero-order valence-corrected chi connectivity index (χ0v) is 18.4. The van der Waals surface area contributed by atoms with Gasteiger partial charge in [0.1, 0.15) is 0 Å². The highest BCUT2D eigenvalue weighted by Gasteiger charge is 2.51. The van der Waals surface area contributed by atoms with Crippen molar-refractivity contribution >= 4 is 18.7 Å². The summed E-state index contributed by atoms with van der Waals surface area (Å²) < 4.78 is 12.7. The number of benzene rings is 2. The number of rotatable bonds is 10. The standard InChI is InChI=1S/C24H34O3Si/c1-24(2,3)28(22-11-6-4-7-12-22,23-13-8-5-9-14-23)27-19-21-17-20(21)18-26-16-10-15-25/h4-9,11-14,20-21,25H,10,15-19H2,1-3H3/t20-,21-/m1/s1. The summed E-state index contributed by atoms with van der Waals surface area (Å²) in [7, 11) is -2.42. The fourth-order valence-electron chi connectivity index (χ4n) is 4.11. The minimum Gasteiger partial charge on any atom is -0.407 e. The first-order valence-corrected chi connectivity index (χ1v) is 12.3. The van der Waals surface area contributed by atoms with Crippen LogP contribution in [-0.4, -0.2) is 39.9 Å². The van der Waals surface area contributed by atoms with E-state index in [4.69, 9.17) is 14.3 Å². The molecule has 4 heteroatoms. The minimum absolute atomic E-state index is 0.0255. The van der Waals surface area contributed by atoms with E-state index in [0.717, 1.165) is 19.6 Å². The molecule has 1 N–H and O–H groups in total. The molecule has 28 heavy (non-hydrogen) atoms. The van der Waals surface area contributed by atoms with Crippen LogP contribution in [0.25, 0.3) is 0 Å². The lowest BCUT2D eigenvalue weighted by Crippen LogP contribution is -2.66. The van der Waals surface area contributed by atoms with Crippen LogP contribution in [0, 0.1) is 11.8 Å². The zero-order chi connectivity index (χ0) is 20.0. The summed E-state index contributed by atoms with van der Waals surface area (Å²) >= 11 is 0. The topological polar surface area (TPSA) is 38.7 Å². The predicted molar refractivity (Wildman–Crippen MR) is 118 cm³/mol. The van der Waals surface area contributed by atoms with E-state index >= 15 is 0 Å². The highest BCUT2D eigenvalue weighted by molar-refractivity contribution is 6.99. The zero-order valence-electron chi connectivity index (χ0n) is 17.4. The summed E-state index contributed by atoms with van der Waals surface area (Å²) in [5.74, 6) is 1.17. The van der Waals surface area contributed by atoms with E-state index in [-0.39, 0.29) is 11.6 Å². The van der Waals surface area contributed by atoms with E-state index in [2.05, 4.69) is 81.4 Å². The first kappa shape index (κ1) is 21.3. The molecule has 3 rings (SSSR count). The molecule has 1 aliphatic carbocycles. The minimum atomic E-state index is -2.42. The Kier molecular flexibility index (Phi) is 7.10. The molecule has 2 aromatic carbocycles. The Hall–Kier alpha value is -1.46. The van der Waals surface area contributed by atoms with Gasteiger partial charge in [0.25, 0.3) is 8.32 Å². The smallest absolute Gasteiger partial charge is 0.261 e. The first-order chi connectivity index (χ1) is 13.5. The average Bonchev–Trinajstić information content (AvgIpc) is 3.45. The van der Waals surface area contributed by atoms with Gasteiger partial charge in [-0.15, -0.1) is 0 Å².